The number of furan rings is 1. The van der Waals surface area contributed by atoms with Gasteiger partial charge in [0, 0.05) is 0 Å². The first-order valence-corrected chi connectivity index (χ1v) is 11.6. The molecular formula is C19H19ClF3N3O6S. The summed E-state index contributed by atoms with van der Waals surface area (Å²) in [6.45, 7) is -1.72. The number of phenolic OH excluding ortho intramolecular Hbond substituents is 1. The number of nitrogens with one attached hydrogen (secondary N) is 3. The normalized spacial score (nSPS) is 16.1. The minimum atomic E-state index is -4.73. The number of sulfone groups is 1. The topological polar surface area (TPSA) is 138 Å². The summed E-state index contributed by atoms with van der Waals surface area (Å²) in [6, 6.07) is 2.79. The fourth-order valence-corrected chi connectivity index (χ4v) is 5.25. The van der Waals surface area contributed by atoms with Gasteiger partial charge < -0.3 is 25.5 Å². The Morgan fingerprint density at radius 2 is 1.97 bits per heavy atom. The van der Waals surface area contributed by atoms with E-state index in [2.05, 4.69) is 10.6 Å². The van der Waals surface area contributed by atoms with Crippen molar-refractivity contribution in [2.45, 2.75) is 36.4 Å². The number of rotatable bonds is 6. The largest absolute Gasteiger partial charge is 0.504 e. The van der Waals surface area contributed by atoms with Crippen molar-refractivity contribution in [3.05, 3.63) is 40.8 Å². The fraction of sp³-hybridized carbons (Fsp3) is 0.368. The van der Waals surface area contributed by atoms with Crippen LogP contribution in [0.25, 0.3) is 0 Å². The van der Waals surface area contributed by atoms with Gasteiger partial charge in [-0.15, -0.1) is 0 Å². The second kappa shape index (κ2) is 9.51. The molecular weight excluding hydrogens is 491 g/mol. The average molecular weight is 510 g/mol. The van der Waals surface area contributed by atoms with Crippen molar-refractivity contribution in [1.82, 2.24) is 10.6 Å². The van der Waals surface area contributed by atoms with Crippen molar-refractivity contribution in [1.29, 1.82) is 0 Å². The molecule has 0 saturated carbocycles. The number of benzene rings is 1. The lowest BCUT2D eigenvalue weighted by Crippen LogP contribution is -2.37. The molecule has 1 unspecified atom stereocenters. The van der Waals surface area contributed by atoms with Crippen LogP contribution in [0.2, 0.25) is 5.02 Å². The zero-order valence-electron chi connectivity index (χ0n) is 16.8. The Hall–Kier alpha value is -2.93. The number of hydrogen-bond donors (Lipinski definition) is 4. The van der Waals surface area contributed by atoms with Gasteiger partial charge in [0.15, 0.2) is 15.6 Å². The van der Waals surface area contributed by atoms with Crippen molar-refractivity contribution < 1.29 is 40.7 Å². The lowest BCUT2D eigenvalue weighted by molar-refractivity contribution is -0.137. The van der Waals surface area contributed by atoms with Gasteiger partial charge >= 0.3 is 12.2 Å². The molecule has 0 aliphatic heterocycles. The number of amides is 3. The van der Waals surface area contributed by atoms with Crippen molar-refractivity contribution in [2.24, 2.45) is 0 Å². The van der Waals surface area contributed by atoms with E-state index in [0.717, 1.165) is 30.5 Å². The van der Waals surface area contributed by atoms with Gasteiger partial charge in [0.1, 0.15) is 23.0 Å². The minimum Gasteiger partial charge on any atom is -0.504 e. The number of aryl methyl sites for hydroxylation is 1. The van der Waals surface area contributed by atoms with Crippen LogP contribution in [0.4, 0.5) is 23.7 Å². The predicted octanol–water partition coefficient (Wildman–Crippen LogP) is 3.29. The van der Waals surface area contributed by atoms with Gasteiger partial charge in [-0.3, -0.25) is 4.79 Å². The fourth-order valence-electron chi connectivity index (χ4n) is 3.38. The molecule has 0 bridgehead atoms. The molecule has 1 aliphatic rings. The van der Waals surface area contributed by atoms with Gasteiger partial charge in [-0.25, -0.2) is 13.2 Å². The Labute approximate surface area is 191 Å². The number of alkyl halides is 3. The highest BCUT2D eigenvalue weighted by molar-refractivity contribution is 7.92. The Bertz CT molecular complexity index is 1170. The summed E-state index contributed by atoms with van der Waals surface area (Å²) in [5, 5.41) is 16.3. The molecule has 180 valence electrons. The molecule has 3 amide bonds. The van der Waals surface area contributed by atoms with Crippen LogP contribution in [0.1, 0.15) is 30.2 Å². The lowest BCUT2D eigenvalue weighted by atomic mass is 9.94. The van der Waals surface area contributed by atoms with Crippen LogP contribution in [0.15, 0.2) is 33.8 Å². The Morgan fingerprint density at radius 1 is 1.24 bits per heavy atom. The smallest absolute Gasteiger partial charge is 0.405 e. The summed E-state index contributed by atoms with van der Waals surface area (Å²) in [5.41, 5.74) is 0.625. The van der Waals surface area contributed by atoms with Crippen LogP contribution in [-0.2, 0) is 21.1 Å². The number of carbonyl (C=O) groups is 2. The summed E-state index contributed by atoms with van der Waals surface area (Å²) in [7, 11) is -4.65. The first kappa shape index (κ1) is 24.7. The third-order valence-electron chi connectivity index (χ3n) is 4.79. The van der Waals surface area contributed by atoms with E-state index >= 15 is 0 Å². The van der Waals surface area contributed by atoms with E-state index in [0.29, 0.717) is 12.2 Å². The maximum Gasteiger partial charge on any atom is 0.405 e. The maximum absolute atomic E-state index is 12.5. The van der Waals surface area contributed by atoms with E-state index in [4.69, 9.17) is 16.0 Å². The van der Waals surface area contributed by atoms with Crippen LogP contribution in [0, 0.1) is 0 Å². The Morgan fingerprint density at radius 3 is 2.67 bits per heavy atom. The third kappa shape index (κ3) is 6.11. The van der Waals surface area contributed by atoms with Crippen molar-refractivity contribution >= 4 is 39.1 Å². The summed E-state index contributed by atoms with van der Waals surface area (Å²) in [4.78, 5) is 23.2. The second-order valence-corrected chi connectivity index (χ2v) is 9.61. The van der Waals surface area contributed by atoms with Crippen molar-refractivity contribution in [3.8, 4) is 5.75 Å². The minimum absolute atomic E-state index is 0.332. The second-order valence-electron chi connectivity index (χ2n) is 7.28. The van der Waals surface area contributed by atoms with E-state index in [1.807, 2.05) is 0 Å². The number of halogens is 4. The number of anilines is 1. The molecule has 0 fully saturated rings. The molecule has 0 spiro atoms. The molecule has 14 heteroatoms. The van der Waals surface area contributed by atoms with Crippen molar-refractivity contribution in [3.63, 3.8) is 0 Å². The summed E-state index contributed by atoms with van der Waals surface area (Å²) in [6.07, 6.45) is -1.00. The van der Waals surface area contributed by atoms with Crippen molar-refractivity contribution in [2.75, 3.05) is 17.6 Å². The molecule has 1 heterocycles. The van der Waals surface area contributed by atoms with Gasteiger partial charge in [-0.1, -0.05) is 11.6 Å². The highest BCUT2D eigenvalue weighted by Crippen LogP contribution is 2.38. The zero-order chi connectivity index (χ0) is 24.4. The van der Waals surface area contributed by atoms with Gasteiger partial charge in [-0.05, 0) is 43.0 Å². The first-order chi connectivity index (χ1) is 15.4. The number of carbonyl (C=O) groups excluding carboxylic acids is 2. The van der Waals surface area contributed by atoms with Gasteiger partial charge in [0.2, 0.25) is 5.91 Å². The summed E-state index contributed by atoms with van der Waals surface area (Å²) < 4.78 is 67.2. The van der Waals surface area contributed by atoms with Gasteiger partial charge in [-0.2, -0.15) is 13.2 Å². The molecule has 1 aromatic carbocycles. The molecule has 2 aromatic rings. The monoisotopic (exact) mass is 509 g/mol. The van der Waals surface area contributed by atoms with Crippen LogP contribution in [0.5, 0.6) is 5.75 Å². The Balaban J connectivity index is 1.74. The quantitative estimate of drug-likeness (QED) is 0.441. The molecule has 1 aromatic heterocycles. The van der Waals surface area contributed by atoms with Gasteiger partial charge in [0.25, 0.3) is 0 Å². The van der Waals surface area contributed by atoms with Crippen LogP contribution < -0.4 is 16.0 Å². The Kier molecular flexibility index (Phi) is 7.12. The number of urea groups is 1. The number of phenols is 1. The third-order valence-corrected chi connectivity index (χ3v) is 6.90. The molecule has 1 atom stereocenters. The maximum atomic E-state index is 12.5. The van der Waals surface area contributed by atoms with E-state index in [9.17, 15) is 36.3 Å². The summed E-state index contributed by atoms with van der Waals surface area (Å²) >= 11 is 5.86. The highest BCUT2D eigenvalue weighted by atomic mass is 35.5. The van der Waals surface area contributed by atoms with E-state index < -0.39 is 62.0 Å². The zero-order valence-corrected chi connectivity index (χ0v) is 18.4. The van der Waals surface area contributed by atoms with Crippen LogP contribution in [-0.4, -0.2) is 43.9 Å². The van der Waals surface area contributed by atoms with Crippen LogP contribution >= 0.6 is 11.6 Å². The van der Waals surface area contributed by atoms with Gasteiger partial charge in [0.05, 0.1) is 23.0 Å². The number of fused-ring (bicyclic) bond motifs is 1. The average Bonchev–Trinajstić information content (AvgIpc) is 3.17. The predicted molar refractivity (Wildman–Crippen MR) is 111 cm³/mol. The molecule has 3 rings (SSSR count). The van der Waals surface area contributed by atoms with Crippen LogP contribution in [0.3, 0.4) is 0 Å². The molecule has 0 radical (unpaired) electrons. The first-order valence-electron chi connectivity index (χ1n) is 9.59. The number of hydrogen-bond acceptors (Lipinski definition) is 6. The van der Waals surface area contributed by atoms with E-state index in [1.165, 1.54) is 11.6 Å². The summed E-state index contributed by atoms with van der Waals surface area (Å²) in [5.74, 6) is -3.19. The molecule has 1 aliphatic carbocycles. The molecule has 9 nitrogen and oxygen atoms in total. The van der Waals surface area contributed by atoms with E-state index in [-0.39, 0.29) is 5.69 Å². The lowest BCUT2D eigenvalue weighted by Gasteiger charge is -2.22. The molecule has 4 N–H and O–H groups in total. The molecule has 33 heavy (non-hydrogen) atoms. The highest BCUT2D eigenvalue weighted by Gasteiger charge is 2.32. The standard InChI is InChI=1S/C19H19ClF3N3O6S/c20-11-4-5-12(25-18(29)26-13-3-1-2-10-6-7-32-16(10)13)15(28)17(11)33(30,31)8-14(27)24-9-19(21,22)23/h4-7,13,28H,1-3,8-9H2,(H,24,27)(H2,25,26,29). The SMILES string of the molecule is O=C(CS(=O)(=O)c1c(Cl)ccc(NC(=O)NC2CCCc3ccoc32)c1O)NCC(F)(F)F. The molecule has 0 saturated heterocycles. The number of aromatic hydroxyl groups is 1. The van der Waals surface area contributed by atoms with E-state index in [1.54, 1.807) is 6.07 Å².